The number of aromatic nitrogens is 8. The molecule has 11 aromatic rings. The number of rotatable bonds is 21. The molecule has 0 atom stereocenters. The molecule has 0 aliphatic heterocycles. The Balaban J connectivity index is 0.000000273. The van der Waals surface area contributed by atoms with Gasteiger partial charge >= 0.3 is 36.8 Å². The SMILES string of the molecule is CC(C)(C)OC(=O)Nc1cccc(N)n1.CCN(C(=O)c1ncc(Cl)cc1NS(=O)(=O)c1ccc(Cl)c(C(F)(F)F)c1)c1cccc(N)n1.CCN(C(=O)c1ncc(Cl)cc1NS(=O)(=O)c1ccc(Cl)c(C(F)(F)F)c1)c1cccc(NC(=O)OC(C)(C)C)n1.CCNc1cccc(NC(=O)OC(C)(C)C)n1.Nc1cccc(N)n1.O=C(Cl)c1ncc(Cl)cc1NS(=O)(=O)c1ccc(Cl)c(C(F)(F)F)c1. The van der Waals surface area contributed by atoms with E-state index < -0.39 is 164 Å². The lowest BCUT2D eigenvalue weighted by atomic mass is 10.2. The van der Waals surface area contributed by atoms with Crippen molar-refractivity contribution >= 4 is 222 Å². The number of sulfonamides is 3. The summed E-state index contributed by atoms with van der Waals surface area (Å²) in [5.41, 5.74) is 13.5. The summed E-state index contributed by atoms with van der Waals surface area (Å²) in [4.78, 5) is 105. The van der Waals surface area contributed by atoms with Crippen LogP contribution >= 0.6 is 81.2 Å². The van der Waals surface area contributed by atoms with E-state index in [0.717, 1.165) is 90.5 Å². The number of carbonyl (C=O) groups excluding carboxylic acids is 6. The molecule has 0 saturated carbocycles. The van der Waals surface area contributed by atoms with Crippen molar-refractivity contribution < 1.29 is 108 Å². The molecule has 0 unspecified atom stereocenters. The fourth-order valence-corrected chi connectivity index (χ4v) is 15.2. The third-order valence-corrected chi connectivity index (χ3v) is 22.1. The van der Waals surface area contributed by atoms with Crippen LogP contribution in [0.25, 0.3) is 0 Å². The predicted molar refractivity (Wildman–Crippen MR) is 517 cm³/mol. The zero-order valence-corrected chi connectivity index (χ0v) is 82.9. The van der Waals surface area contributed by atoms with Crippen molar-refractivity contribution in [2.45, 2.75) is 133 Å². The third-order valence-electron chi connectivity index (χ3n) is 16.3. The first-order valence-corrected chi connectivity index (χ1v) is 46.9. The van der Waals surface area contributed by atoms with Crippen LogP contribution in [0.2, 0.25) is 30.1 Å². The first-order chi connectivity index (χ1) is 64.7. The maximum absolute atomic E-state index is 13.5. The molecule has 5 amide bonds. The first kappa shape index (κ1) is 116. The normalized spacial score (nSPS) is 11.5. The number of anilines is 13. The highest BCUT2D eigenvalue weighted by Gasteiger charge is 2.39. The summed E-state index contributed by atoms with van der Waals surface area (Å²) < 4.78 is 216. The van der Waals surface area contributed by atoms with Crippen LogP contribution in [0.15, 0.2) is 197 Å². The quantitative estimate of drug-likeness (QED) is 0.0181. The fraction of sp³-hybridized carbons (Fsp3) is 0.247. The summed E-state index contributed by atoms with van der Waals surface area (Å²) in [6.07, 6.45) is -13.2. The van der Waals surface area contributed by atoms with Gasteiger partial charge in [0.1, 0.15) is 80.7 Å². The minimum absolute atomic E-state index is 0.0218. The molecule has 0 radical (unpaired) electrons. The molecule has 752 valence electrons. The van der Waals surface area contributed by atoms with Crippen LogP contribution in [-0.4, -0.2) is 137 Å². The Bertz CT molecular complexity index is 6660. The molecular formula is C85H87Cl7F9N21O15S3. The van der Waals surface area contributed by atoms with Crippen LogP contribution in [0.3, 0.4) is 0 Å². The van der Waals surface area contributed by atoms with Crippen molar-refractivity contribution in [2.75, 3.05) is 87.8 Å². The number of nitrogens with one attached hydrogen (secondary N) is 7. The lowest BCUT2D eigenvalue weighted by Gasteiger charge is -2.22. The molecule has 0 spiro atoms. The van der Waals surface area contributed by atoms with Gasteiger partial charge in [-0.15, -0.1) is 0 Å². The van der Waals surface area contributed by atoms with Gasteiger partial charge in [-0.25, -0.2) is 79.5 Å². The average Bonchev–Trinajstić information content (AvgIpc) is 0.788. The molecule has 36 nitrogen and oxygen atoms in total. The van der Waals surface area contributed by atoms with Crippen molar-refractivity contribution in [3.63, 3.8) is 0 Å². The van der Waals surface area contributed by atoms with E-state index in [4.69, 9.17) is 118 Å². The van der Waals surface area contributed by atoms with Gasteiger partial charge in [-0.05, 0) is 228 Å². The summed E-state index contributed by atoms with van der Waals surface area (Å²) in [6.45, 7) is 22.0. The molecule has 11 rings (SSSR count). The van der Waals surface area contributed by atoms with Gasteiger partial charge in [0.15, 0.2) is 11.4 Å². The van der Waals surface area contributed by atoms with Gasteiger partial charge in [0.2, 0.25) is 0 Å². The Morgan fingerprint density at radius 3 is 0.943 bits per heavy atom. The number of ether oxygens (including phenoxy) is 3. The number of carbonyl (C=O) groups is 6. The number of hydrogen-bond acceptors (Lipinski definition) is 28. The number of nitrogen functional groups attached to an aromatic ring is 4. The van der Waals surface area contributed by atoms with Crippen LogP contribution in [0.5, 0.6) is 0 Å². The minimum atomic E-state index is -4.91. The van der Waals surface area contributed by atoms with E-state index >= 15 is 0 Å². The number of alkyl halides is 9. The summed E-state index contributed by atoms with van der Waals surface area (Å²) in [5.74, 6) is 1.75. The van der Waals surface area contributed by atoms with Crippen molar-refractivity contribution in [3.05, 3.63) is 246 Å². The second-order valence-electron chi connectivity index (χ2n) is 30.8. The van der Waals surface area contributed by atoms with Gasteiger partial charge in [0, 0.05) is 38.2 Å². The van der Waals surface area contributed by atoms with Crippen molar-refractivity contribution in [1.29, 1.82) is 0 Å². The lowest BCUT2D eigenvalue weighted by Crippen LogP contribution is -2.33. The molecule has 3 aromatic carbocycles. The van der Waals surface area contributed by atoms with E-state index in [0.29, 0.717) is 47.3 Å². The summed E-state index contributed by atoms with van der Waals surface area (Å²) in [5, 5.41) is 7.40. The maximum atomic E-state index is 13.5. The van der Waals surface area contributed by atoms with Crippen molar-refractivity contribution in [3.8, 4) is 0 Å². The molecule has 140 heavy (non-hydrogen) atoms. The topological polar surface area (TPSA) is 530 Å². The smallest absolute Gasteiger partial charge is 0.417 e. The second-order valence-corrected chi connectivity index (χ2v) is 38.7. The standard InChI is InChI=1S/C25H24Cl2F3N5O5S.C20H16Cl2F3N5O3S.C13H6Cl3F3N2O3S.C12H19N3O2.C10H15N3O2.C5H7N3/c1-5-35(20-8-6-7-19(32-20)33-23(37)40-24(2,3)4)22(36)21-18(11-14(26)13-31-21)34-41(38,39)15-9-10-17(27)16(12-15)25(28,29)30;1-2-30(17-5-3-4-16(26)28-17)19(31)18-15(8-11(21)10-27-18)29-34(32,33)12-6-7-14(22)13(9-12)20(23,24)25;14-6-3-10(11(12(16)22)20-5-6)21-25(23,24)7-1-2-9(15)8(4-7)13(17,18)19;1-5-13-9-7-6-8-10(14-9)15-11(16)17-12(2,3)4;1-10(2,3)15-9(14)13-8-6-4-5-7(11)12-8;6-4-2-1-3-5(7)8-4/h6-13,34H,5H2,1-4H3,(H,32,33,37);3-10,29H,2H2,1H3,(H2,26,28);1-5,21H;6-8H,5H2,1-4H3,(H2,13,14,15,16);4-6H,1-3H3,(H3,11,12,13,14);1-3H,(H4,6,7,8). The molecule has 8 aromatic heterocycles. The Morgan fingerprint density at radius 1 is 0.364 bits per heavy atom. The number of amides is 5. The number of nitrogens with zero attached hydrogens (tertiary/aromatic N) is 10. The molecular weight excluding hydrogens is 2070 g/mol. The van der Waals surface area contributed by atoms with Gasteiger partial charge in [0.05, 0.1) is 78.6 Å². The second kappa shape index (κ2) is 49.2. The molecule has 55 heteroatoms. The van der Waals surface area contributed by atoms with E-state index in [1.165, 1.54) is 35.2 Å². The molecule has 8 heterocycles. The van der Waals surface area contributed by atoms with Crippen LogP contribution in [-0.2, 0) is 62.8 Å². The first-order valence-electron chi connectivity index (χ1n) is 39.8. The van der Waals surface area contributed by atoms with Crippen LogP contribution < -0.4 is 68.2 Å². The van der Waals surface area contributed by atoms with Crippen LogP contribution in [0.4, 0.5) is 129 Å². The van der Waals surface area contributed by atoms with Crippen molar-refractivity contribution in [1.82, 2.24) is 39.9 Å². The van der Waals surface area contributed by atoms with Gasteiger partial charge in [-0.3, -0.25) is 54.3 Å². The Kier molecular flexibility index (Phi) is 40.6. The molecule has 0 fully saturated rings. The molecule has 0 aliphatic carbocycles. The fourth-order valence-electron chi connectivity index (χ4n) is 10.6. The number of nitrogens with two attached hydrogens (primary N) is 4. The van der Waals surface area contributed by atoms with Crippen LogP contribution in [0.1, 0.15) is 131 Å². The monoisotopic (exact) mass is 2150 g/mol. The van der Waals surface area contributed by atoms with Crippen LogP contribution in [0, 0.1) is 0 Å². The molecule has 0 saturated heterocycles. The van der Waals surface area contributed by atoms with E-state index in [-0.39, 0.29) is 68.5 Å². The molecule has 0 bridgehead atoms. The van der Waals surface area contributed by atoms with Gasteiger partial charge in [0.25, 0.3) is 47.1 Å². The van der Waals surface area contributed by atoms with E-state index in [9.17, 15) is 93.5 Å². The number of hydrogen-bond donors (Lipinski definition) is 11. The number of halogens is 16. The van der Waals surface area contributed by atoms with Gasteiger partial charge in [-0.1, -0.05) is 99.9 Å². The largest absolute Gasteiger partial charge is 0.444 e. The summed E-state index contributed by atoms with van der Waals surface area (Å²) in [7, 11) is -13.8. The summed E-state index contributed by atoms with van der Waals surface area (Å²) in [6, 6.07) is 34.0. The molecule has 15 N–H and O–H groups in total. The van der Waals surface area contributed by atoms with E-state index in [2.05, 4.69) is 70.6 Å². The Labute approximate surface area is 831 Å². The van der Waals surface area contributed by atoms with E-state index in [1.807, 2.05) is 44.5 Å². The van der Waals surface area contributed by atoms with E-state index in [1.54, 1.807) is 104 Å². The summed E-state index contributed by atoms with van der Waals surface area (Å²) >= 11 is 39.5. The highest BCUT2D eigenvalue weighted by molar-refractivity contribution is 7.93. The maximum Gasteiger partial charge on any atom is 0.417 e. The number of benzene rings is 3. The lowest BCUT2D eigenvalue weighted by molar-refractivity contribution is -0.138. The van der Waals surface area contributed by atoms with Gasteiger partial charge < -0.3 is 42.5 Å². The predicted octanol–water partition coefficient (Wildman–Crippen LogP) is 21.2. The van der Waals surface area contributed by atoms with Gasteiger partial charge in [-0.2, -0.15) is 39.5 Å². The zero-order chi connectivity index (χ0) is 105. The highest BCUT2D eigenvalue weighted by atomic mass is 35.5. The Morgan fingerprint density at radius 2 is 0.643 bits per heavy atom. The number of pyridine rings is 8. The Hall–Kier alpha value is -13.1. The average molecular weight is 2160 g/mol. The molecule has 0 aliphatic rings. The third kappa shape index (κ3) is 36.9. The highest BCUT2D eigenvalue weighted by Crippen LogP contribution is 2.41. The minimum Gasteiger partial charge on any atom is -0.444 e. The van der Waals surface area contributed by atoms with Crippen molar-refractivity contribution in [2.24, 2.45) is 0 Å². The zero-order valence-electron chi connectivity index (χ0n) is 75.1.